The van der Waals surface area contributed by atoms with Gasteiger partial charge in [-0.1, -0.05) is 18.2 Å². The first-order valence-corrected chi connectivity index (χ1v) is 8.36. The molecule has 0 unspecified atom stereocenters. The number of hydrogen-bond acceptors (Lipinski definition) is 4. The molecule has 0 spiro atoms. The zero-order chi connectivity index (χ0) is 17.1. The van der Waals surface area contributed by atoms with Gasteiger partial charge in [-0.2, -0.15) is 5.10 Å². The summed E-state index contributed by atoms with van der Waals surface area (Å²) < 4.78 is 1.84. The fourth-order valence-electron chi connectivity index (χ4n) is 3.32. The lowest BCUT2D eigenvalue weighted by Gasteiger charge is -2.21. The lowest BCUT2D eigenvalue weighted by atomic mass is 10.2. The Labute approximate surface area is 142 Å². The number of amides is 1. The van der Waals surface area contributed by atoms with E-state index in [4.69, 9.17) is 0 Å². The fourth-order valence-corrected chi connectivity index (χ4v) is 3.32. The van der Waals surface area contributed by atoms with Crippen LogP contribution < -0.4 is 5.32 Å². The molecule has 1 aliphatic rings. The zero-order valence-electron chi connectivity index (χ0n) is 14.2. The van der Waals surface area contributed by atoms with E-state index in [1.807, 2.05) is 53.8 Å². The molecular formula is C18H24N4O2. The van der Waals surface area contributed by atoms with Gasteiger partial charge in [0, 0.05) is 6.04 Å². The second-order valence-corrected chi connectivity index (χ2v) is 6.29. The summed E-state index contributed by atoms with van der Waals surface area (Å²) in [6.45, 7) is 5.13. The highest BCUT2D eigenvalue weighted by Gasteiger charge is 2.26. The minimum absolute atomic E-state index is 0.0610. The Hall–Kier alpha value is -2.18. The molecule has 1 fully saturated rings. The predicted molar refractivity (Wildman–Crippen MR) is 93.3 cm³/mol. The molecule has 0 bridgehead atoms. The van der Waals surface area contributed by atoms with Crippen molar-refractivity contribution in [3.8, 4) is 5.69 Å². The van der Waals surface area contributed by atoms with Gasteiger partial charge in [0.05, 0.1) is 35.9 Å². The normalized spacial score (nSPS) is 18.0. The third-order valence-electron chi connectivity index (χ3n) is 4.61. The molecule has 1 aliphatic heterocycles. The first-order valence-electron chi connectivity index (χ1n) is 8.36. The SMILES string of the molecule is Cc1nn(-c2ccccc2)c(C)c1NC(=O)CN1CCC[C@@H]1CO. The summed E-state index contributed by atoms with van der Waals surface area (Å²) in [5, 5.41) is 16.9. The Kier molecular flexibility index (Phi) is 4.97. The van der Waals surface area contributed by atoms with Crippen molar-refractivity contribution in [2.75, 3.05) is 25.0 Å². The maximum absolute atomic E-state index is 12.4. The van der Waals surface area contributed by atoms with Crippen molar-refractivity contribution >= 4 is 11.6 Å². The maximum atomic E-state index is 12.4. The van der Waals surface area contributed by atoms with Crippen LogP contribution >= 0.6 is 0 Å². The second-order valence-electron chi connectivity index (χ2n) is 6.29. The number of aromatic nitrogens is 2. The number of rotatable bonds is 5. The van der Waals surface area contributed by atoms with Crippen LogP contribution in [0, 0.1) is 13.8 Å². The number of nitrogens with zero attached hydrogens (tertiary/aromatic N) is 3. The monoisotopic (exact) mass is 328 g/mol. The summed E-state index contributed by atoms with van der Waals surface area (Å²) in [6, 6.07) is 9.97. The van der Waals surface area contributed by atoms with Crippen LogP contribution in [0.1, 0.15) is 24.2 Å². The second kappa shape index (κ2) is 7.15. The van der Waals surface area contributed by atoms with E-state index in [1.165, 1.54) is 0 Å². The number of nitrogens with one attached hydrogen (secondary N) is 1. The fraction of sp³-hybridized carbons (Fsp3) is 0.444. The van der Waals surface area contributed by atoms with Crippen LogP contribution in [0.15, 0.2) is 30.3 Å². The van der Waals surface area contributed by atoms with Crippen molar-refractivity contribution in [1.29, 1.82) is 0 Å². The smallest absolute Gasteiger partial charge is 0.238 e. The van der Waals surface area contributed by atoms with Crippen molar-refractivity contribution in [2.45, 2.75) is 32.7 Å². The standard InChI is InChI=1S/C18H24N4O2/c1-13-18(14(2)22(20-13)15-7-4-3-5-8-15)19-17(24)11-21-10-6-9-16(21)12-23/h3-5,7-8,16,23H,6,9-12H2,1-2H3,(H,19,24)/t16-/m1/s1. The van der Waals surface area contributed by atoms with Gasteiger partial charge in [-0.25, -0.2) is 4.68 Å². The molecule has 1 atom stereocenters. The molecule has 2 aromatic rings. The van der Waals surface area contributed by atoms with Gasteiger partial charge in [0.1, 0.15) is 0 Å². The first-order chi connectivity index (χ1) is 11.6. The third kappa shape index (κ3) is 3.34. The topological polar surface area (TPSA) is 70.4 Å². The number of likely N-dealkylation sites (tertiary alicyclic amines) is 1. The first kappa shape index (κ1) is 16.7. The van der Waals surface area contributed by atoms with Gasteiger partial charge >= 0.3 is 0 Å². The van der Waals surface area contributed by atoms with E-state index in [1.54, 1.807) is 0 Å². The van der Waals surface area contributed by atoms with Crippen molar-refractivity contribution < 1.29 is 9.90 Å². The summed E-state index contributed by atoms with van der Waals surface area (Å²) in [5.41, 5.74) is 3.44. The van der Waals surface area contributed by atoms with Crippen molar-refractivity contribution in [3.05, 3.63) is 41.7 Å². The Morgan fingerprint density at radius 2 is 2.08 bits per heavy atom. The average molecular weight is 328 g/mol. The molecular weight excluding hydrogens is 304 g/mol. The van der Waals surface area contributed by atoms with Gasteiger partial charge in [-0.15, -0.1) is 0 Å². The Balaban J connectivity index is 1.73. The molecule has 128 valence electrons. The third-order valence-corrected chi connectivity index (χ3v) is 4.61. The minimum atomic E-state index is -0.0610. The Bertz CT molecular complexity index is 711. The van der Waals surface area contributed by atoms with E-state index in [0.29, 0.717) is 6.54 Å². The number of hydrogen-bond donors (Lipinski definition) is 2. The van der Waals surface area contributed by atoms with Crippen LogP contribution in [0.5, 0.6) is 0 Å². The molecule has 3 rings (SSSR count). The summed E-state index contributed by atoms with van der Waals surface area (Å²) in [4.78, 5) is 14.5. The van der Waals surface area contributed by atoms with Crippen LogP contribution in [-0.2, 0) is 4.79 Å². The number of aryl methyl sites for hydroxylation is 1. The Morgan fingerprint density at radius 3 is 2.79 bits per heavy atom. The Morgan fingerprint density at radius 1 is 1.33 bits per heavy atom. The van der Waals surface area contributed by atoms with Gasteiger partial charge in [0.15, 0.2) is 0 Å². The quantitative estimate of drug-likeness (QED) is 0.879. The van der Waals surface area contributed by atoms with E-state index in [-0.39, 0.29) is 18.6 Å². The highest BCUT2D eigenvalue weighted by atomic mass is 16.3. The number of carbonyl (C=O) groups is 1. The molecule has 0 aliphatic carbocycles. The number of anilines is 1. The number of aliphatic hydroxyl groups is 1. The van der Waals surface area contributed by atoms with Crippen molar-refractivity contribution in [1.82, 2.24) is 14.7 Å². The predicted octanol–water partition coefficient (Wildman–Crippen LogP) is 1.88. The number of para-hydroxylation sites is 1. The molecule has 24 heavy (non-hydrogen) atoms. The highest BCUT2D eigenvalue weighted by molar-refractivity contribution is 5.93. The zero-order valence-corrected chi connectivity index (χ0v) is 14.2. The van der Waals surface area contributed by atoms with Crippen LogP contribution in [-0.4, -0.2) is 51.4 Å². The average Bonchev–Trinajstić information content (AvgIpc) is 3.14. The molecule has 2 heterocycles. The molecule has 2 N–H and O–H groups in total. The van der Waals surface area contributed by atoms with Gasteiger partial charge in [-0.05, 0) is 45.4 Å². The molecule has 1 saturated heterocycles. The summed E-state index contributed by atoms with van der Waals surface area (Å²) in [6.07, 6.45) is 1.98. The van der Waals surface area contributed by atoms with Gasteiger partial charge in [0.2, 0.25) is 5.91 Å². The lowest BCUT2D eigenvalue weighted by Crippen LogP contribution is -2.38. The van der Waals surface area contributed by atoms with Crippen LogP contribution in [0.25, 0.3) is 5.69 Å². The van der Waals surface area contributed by atoms with Crippen LogP contribution in [0.4, 0.5) is 5.69 Å². The van der Waals surface area contributed by atoms with E-state index >= 15 is 0 Å². The molecule has 1 aromatic carbocycles. The lowest BCUT2D eigenvalue weighted by molar-refractivity contribution is -0.117. The molecule has 1 amide bonds. The van der Waals surface area contributed by atoms with Gasteiger partial charge < -0.3 is 10.4 Å². The van der Waals surface area contributed by atoms with E-state index in [2.05, 4.69) is 10.4 Å². The van der Waals surface area contributed by atoms with Crippen molar-refractivity contribution in [3.63, 3.8) is 0 Å². The summed E-state index contributed by atoms with van der Waals surface area (Å²) in [5.74, 6) is -0.0610. The summed E-state index contributed by atoms with van der Waals surface area (Å²) in [7, 11) is 0. The molecule has 6 nitrogen and oxygen atoms in total. The van der Waals surface area contributed by atoms with E-state index in [0.717, 1.165) is 42.1 Å². The summed E-state index contributed by atoms with van der Waals surface area (Å²) >= 11 is 0. The highest BCUT2D eigenvalue weighted by Crippen LogP contribution is 2.23. The minimum Gasteiger partial charge on any atom is -0.395 e. The maximum Gasteiger partial charge on any atom is 0.238 e. The van der Waals surface area contributed by atoms with E-state index < -0.39 is 0 Å². The van der Waals surface area contributed by atoms with Gasteiger partial charge in [-0.3, -0.25) is 9.69 Å². The van der Waals surface area contributed by atoms with Crippen molar-refractivity contribution in [2.24, 2.45) is 0 Å². The number of benzene rings is 1. The molecule has 0 radical (unpaired) electrons. The van der Waals surface area contributed by atoms with Crippen LogP contribution in [0.3, 0.4) is 0 Å². The molecule has 1 aromatic heterocycles. The van der Waals surface area contributed by atoms with E-state index in [9.17, 15) is 9.90 Å². The molecule has 6 heteroatoms. The number of carbonyl (C=O) groups excluding carboxylic acids is 1. The van der Waals surface area contributed by atoms with Gasteiger partial charge in [0.25, 0.3) is 0 Å². The van der Waals surface area contributed by atoms with Crippen LogP contribution in [0.2, 0.25) is 0 Å². The molecule has 0 saturated carbocycles. The number of aliphatic hydroxyl groups excluding tert-OH is 1. The largest absolute Gasteiger partial charge is 0.395 e.